The van der Waals surface area contributed by atoms with E-state index in [2.05, 4.69) is 17.4 Å². The van der Waals surface area contributed by atoms with Crippen LogP contribution in [-0.2, 0) is 4.79 Å². The van der Waals surface area contributed by atoms with Gasteiger partial charge in [0.2, 0.25) is 5.91 Å². The van der Waals surface area contributed by atoms with Gasteiger partial charge in [0.1, 0.15) is 0 Å². The normalized spacial score (nSPS) is 21.5. The molecule has 1 atom stereocenters. The van der Waals surface area contributed by atoms with Crippen LogP contribution in [0.1, 0.15) is 37.3 Å². The molecule has 2 nitrogen and oxygen atoms in total. The van der Waals surface area contributed by atoms with Gasteiger partial charge in [-0.05, 0) is 37.2 Å². The number of hydrogen-bond acceptors (Lipinski definition) is 1. The van der Waals surface area contributed by atoms with E-state index in [1.165, 1.54) is 18.4 Å². The lowest BCUT2D eigenvalue weighted by molar-refractivity contribution is -0.123. The molecule has 0 bridgehead atoms. The summed E-state index contributed by atoms with van der Waals surface area (Å²) in [5, 5.41) is 3.22. The highest BCUT2D eigenvalue weighted by molar-refractivity contribution is 5.81. The van der Waals surface area contributed by atoms with Gasteiger partial charge in [0.05, 0.1) is 6.04 Å². The standard InChI is InChI=1S/C14H17NO/c16-14(12-8-9-12)15-13(11-6-7-11)10-4-2-1-3-5-10/h1-5,11-13H,6-9H2,(H,15,16)/t13-/m1/s1. The van der Waals surface area contributed by atoms with Crippen LogP contribution in [0.5, 0.6) is 0 Å². The van der Waals surface area contributed by atoms with E-state index < -0.39 is 0 Å². The van der Waals surface area contributed by atoms with E-state index >= 15 is 0 Å². The predicted octanol–water partition coefficient (Wildman–Crippen LogP) is 2.66. The average Bonchev–Trinajstić information content (AvgIpc) is 3.19. The highest BCUT2D eigenvalue weighted by Crippen LogP contribution is 2.41. The van der Waals surface area contributed by atoms with Gasteiger partial charge in [0, 0.05) is 5.92 Å². The molecule has 2 saturated carbocycles. The Morgan fingerprint density at radius 2 is 1.81 bits per heavy atom. The van der Waals surface area contributed by atoms with Gasteiger partial charge in [0.25, 0.3) is 0 Å². The highest BCUT2D eigenvalue weighted by Gasteiger charge is 2.37. The van der Waals surface area contributed by atoms with E-state index in [1.54, 1.807) is 0 Å². The second-order valence-electron chi connectivity index (χ2n) is 5.01. The molecule has 0 saturated heterocycles. The molecule has 2 heteroatoms. The molecule has 2 aliphatic carbocycles. The number of benzene rings is 1. The quantitative estimate of drug-likeness (QED) is 0.822. The first-order valence-corrected chi connectivity index (χ1v) is 6.20. The van der Waals surface area contributed by atoms with Gasteiger partial charge < -0.3 is 5.32 Å². The van der Waals surface area contributed by atoms with Crippen molar-refractivity contribution in [2.45, 2.75) is 31.7 Å². The molecule has 0 heterocycles. The smallest absolute Gasteiger partial charge is 0.223 e. The van der Waals surface area contributed by atoms with Crippen LogP contribution in [-0.4, -0.2) is 5.91 Å². The summed E-state index contributed by atoms with van der Waals surface area (Å²) in [4.78, 5) is 11.8. The van der Waals surface area contributed by atoms with Crippen LogP contribution in [0, 0.1) is 11.8 Å². The fraction of sp³-hybridized carbons (Fsp3) is 0.500. The number of nitrogens with one attached hydrogen (secondary N) is 1. The first kappa shape index (κ1) is 9.88. The zero-order valence-electron chi connectivity index (χ0n) is 9.36. The Morgan fingerprint density at radius 1 is 1.12 bits per heavy atom. The Balaban J connectivity index is 1.73. The van der Waals surface area contributed by atoms with E-state index in [9.17, 15) is 4.79 Å². The molecule has 1 amide bonds. The molecule has 2 fully saturated rings. The Morgan fingerprint density at radius 3 is 2.38 bits per heavy atom. The first-order chi connectivity index (χ1) is 7.84. The zero-order chi connectivity index (χ0) is 11.0. The Labute approximate surface area is 96.1 Å². The number of amides is 1. The van der Waals surface area contributed by atoms with Crippen LogP contribution in [0.2, 0.25) is 0 Å². The Bertz CT molecular complexity index is 379. The lowest BCUT2D eigenvalue weighted by Gasteiger charge is -2.18. The molecule has 84 valence electrons. The maximum absolute atomic E-state index is 11.8. The minimum Gasteiger partial charge on any atom is -0.349 e. The van der Waals surface area contributed by atoms with E-state index in [1.807, 2.05) is 18.2 Å². The van der Waals surface area contributed by atoms with Crippen LogP contribution in [0.3, 0.4) is 0 Å². The van der Waals surface area contributed by atoms with Crippen molar-refractivity contribution < 1.29 is 4.79 Å². The summed E-state index contributed by atoms with van der Waals surface area (Å²) in [5.74, 6) is 1.25. The summed E-state index contributed by atoms with van der Waals surface area (Å²) in [6.07, 6.45) is 4.67. The van der Waals surface area contributed by atoms with E-state index in [0.29, 0.717) is 11.8 Å². The molecular weight excluding hydrogens is 198 g/mol. The molecular formula is C14H17NO. The van der Waals surface area contributed by atoms with Crippen LogP contribution in [0.25, 0.3) is 0 Å². The summed E-state index contributed by atoms with van der Waals surface area (Å²) >= 11 is 0. The SMILES string of the molecule is O=C(N[C@H](c1ccccc1)C1CC1)C1CC1. The summed E-state index contributed by atoms with van der Waals surface area (Å²) in [6, 6.07) is 10.6. The molecule has 3 rings (SSSR count). The van der Waals surface area contributed by atoms with E-state index in [4.69, 9.17) is 0 Å². The molecule has 16 heavy (non-hydrogen) atoms. The molecule has 0 radical (unpaired) electrons. The van der Waals surface area contributed by atoms with Crippen molar-refractivity contribution in [3.8, 4) is 0 Å². The van der Waals surface area contributed by atoms with Crippen molar-refractivity contribution in [3.05, 3.63) is 35.9 Å². The summed E-state index contributed by atoms with van der Waals surface area (Å²) in [7, 11) is 0. The summed E-state index contributed by atoms with van der Waals surface area (Å²) < 4.78 is 0. The van der Waals surface area contributed by atoms with E-state index in [-0.39, 0.29) is 11.9 Å². The first-order valence-electron chi connectivity index (χ1n) is 6.20. The van der Waals surface area contributed by atoms with Crippen molar-refractivity contribution in [2.75, 3.05) is 0 Å². The number of carbonyl (C=O) groups is 1. The topological polar surface area (TPSA) is 29.1 Å². The third-order valence-corrected chi connectivity index (χ3v) is 3.50. The third kappa shape index (κ3) is 2.11. The van der Waals surface area contributed by atoms with Crippen LogP contribution in [0.15, 0.2) is 30.3 Å². The number of hydrogen-bond donors (Lipinski definition) is 1. The van der Waals surface area contributed by atoms with Gasteiger partial charge in [-0.1, -0.05) is 30.3 Å². The average molecular weight is 215 g/mol. The molecule has 0 aliphatic heterocycles. The van der Waals surface area contributed by atoms with Crippen molar-refractivity contribution in [1.82, 2.24) is 5.32 Å². The molecule has 0 aromatic heterocycles. The predicted molar refractivity (Wildman–Crippen MR) is 62.8 cm³/mol. The minimum atomic E-state index is 0.259. The second kappa shape index (κ2) is 3.93. The van der Waals surface area contributed by atoms with Gasteiger partial charge in [-0.15, -0.1) is 0 Å². The monoisotopic (exact) mass is 215 g/mol. The van der Waals surface area contributed by atoms with Gasteiger partial charge in [-0.3, -0.25) is 4.79 Å². The maximum atomic E-state index is 11.8. The van der Waals surface area contributed by atoms with Crippen molar-refractivity contribution in [1.29, 1.82) is 0 Å². The molecule has 2 aliphatic rings. The fourth-order valence-electron chi connectivity index (χ4n) is 2.18. The largest absolute Gasteiger partial charge is 0.349 e. The lowest BCUT2D eigenvalue weighted by atomic mass is 10.0. The molecule has 0 unspecified atom stereocenters. The number of rotatable bonds is 4. The van der Waals surface area contributed by atoms with Crippen LogP contribution in [0.4, 0.5) is 0 Å². The summed E-state index contributed by atoms with van der Waals surface area (Å²) in [5.41, 5.74) is 1.26. The highest BCUT2D eigenvalue weighted by atomic mass is 16.2. The van der Waals surface area contributed by atoms with Crippen LogP contribution < -0.4 is 5.32 Å². The maximum Gasteiger partial charge on any atom is 0.223 e. The van der Waals surface area contributed by atoms with Gasteiger partial charge >= 0.3 is 0 Å². The molecule has 1 aromatic rings. The van der Waals surface area contributed by atoms with Gasteiger partial charge in [-0.25, -0.2) is 0 Å². The molecule has 1 N–H and O–H groups in total. The number of carbonyl (C=O) groups excluding carboxylic acids is 1. The third-order valence-electron chi connectivity index (χ3n) is 3.50. The van der Waals surface area contributed by atoms with Crippen molar-refractivity contribution in [2.24, 2.45) is 11.8 Å². The minimum absolute atomic E-state index is 0.259. The van der Waals surface area contributed by atoms with Crippen molar-refractivity contribution in [3.63, 3.8) is 0 Å². The zero-order valence-corrected chi connectivity index (χ0v) is 9.36. The fourth-order valence-corrected chi connectivity index (χ4v) is 2.18. The van der Waals surface area contributed by atoms with E-state index in [0.717, 1.165) is 12.8 Å². The molecule has 0 spiro atoms. The Hall–Kier alpha value is -1.31. The van der Waals surface area contributed by atoms with Crippen LogP contribution >= 0.6 is 0 Å². The van der Waals surface area contributed by atoms with Gasteiger partial charge in [0.15, 0.2) is 0 Å². The molecule has 1 aromatic carbocycles. The second-order valence-corrected chi connectivity index (χ2v) is 5.01. The summed E-state index contributed by atoms with van der Waals surface area (Å²) in [6.45, 7) is 0. The van der Waals surface area contributed by atoms with Crippen molar-refractivity contribution >= 4 is 5.91 Å². The van der Waals surface area contributed by atoms with Gasteiger partial charge in [-0.2, -0.15) is 0 Å². The lowest BCUT2D eigenvalue weighted by Crippen LogP contribution is -2.30. The Kier molecular flexibility index (Phi) is 2.43.